The van der Waals surface area contributed by atoms with E-state index in [2.05, 4.69) is 16.8 Å². The predicted molar refractivity (Wildman–Crippen MR) is 189 cm³/mol. The van der Waals surface area contributed by atoms with Crippen LogP contribution in [0.5, 0.6) is 5.75 Å². The Kier molecular flexibility index (Phi) is 10.7. The van der Waals surface area contributed by atoms with Crippen molar-refractivity contribution in [3.63, 3.8) is 0 Å². The van der Waals surface area contributed by atoms with Gasteiger partial charge >= 0.3 is 5.97 Å². The number of fused-ring (bicyclic) bond motifs is 3. The minimum atomic E-state index is -0.345. The van der Waals surface area contributed by atoms with Gasteiger partial charge in [0.1, 0.15) is 23.4 Å². The number of esters is 1. The van der Waals surface area contributed by atoms with Gasteiger partial charge in [-0.2, -0.15) is 5.10 Å². The zero-order valence-corrected chi connectivity index (χ0v) is 29.0. The average molecular weight is 675 g/mol. The number of carbonyl (C=O) groups excluding carboxylic acids is 1. The summed E-state index contributed by atoms with van der Waals surface area (Å²) in [6.07, 6.45) is 4.19. The highest BCUT2D eigenvalue weighted by Crippen LogP contribution is 2.45. The fraction of sp³-hybridized carbons (Fsp3) is 0.421. The molecule has 10 heteroatoms. The normalized spacial score (nSPS) is 15.0. The van der Waals surface area contributed by atoms with Crippen LogP contribution in [0.3, 0.4) is 0 Å². The monoisotopic (exact) mass is 674 g/mol. The summed E-state index contributed by atoms with van der Waals surface area (Å²) >= 11 is 7.18. The molecule has 0 fully saturated rings. The number of benzene rings is 3. The molecule has 1 aliphatic heterocycles. The summed E-state index contributed by atoms with van der Waals surface area (Å²) in [6, 6.07) is 14.3. The molecule has 0 saturated heterocycles. The third-order valence-electron chi connectivity index (χ3n) is 9.21. The summed E-state index contributed by atoms with van der Waals surface area (Å²) in [7, 11) is 3.92. The molecule has 1 N–H and O–H groups in total. The van der Waals surface area contributed by atoms with Gasteiger partial charge < -0.3 is 24.1 Å². The zero-order valence-electron chi connectivity index (χ0n) is 28.2. The lowest BCUT2D eigenvalue weighted by molar-refractivity contribution is 0.0414. The minimum absolute atomic E-state index is 0.210. The molecule has 0 aliphatic carbocycles. The van der Waals surface area contributed by atoms with E-state index >= 15 is 0 Å². The van der Waals surface area contributed by atoms with Gasteiger partial charge in [-0.1, -0.05) is 36.7 Å². The van der Waals surface area contributed by atoms with Gasteiger partial charge in [0.05, 0.1) is 29.4 Å². The number of aryl methyl sites for hydroxylation is 3. The van der Waals surface area contributed by atoms with Crippen molar-refractivity contribution in [2.24, 2.45) is 7.05 Å². The molecule has 0 bridgehead atoms. The van der Waals surface area contributed by atoms with E-state index in [-0.39, 0.29) is 24.5 Å². The molecule has 0 radical (unpaired) electrons. The van der Waals surface area contributed by atoms with Crippen molar-refractivity contribution in [3.8, 4) is 16.9 Å². The minimum Gasteiger partial charge on any atom is -0.493 e. The number of halogens is 2. The van der Waals surface area contributed by atoms with E-state index < -0.39 is 0 Å². The van der Waals surface area contributed by atoms with Crippen LogP contribution in [0, 0.1) is 5.82 Å². The molecule has 5 aromatic rings. The Balaban J connectivity index is 1.47. The van der Waals surface area contributed by atoms with Gasteiger partial charge in [-0.05, 0) is 100 Å². The van der Waals surface area contributed by atoms with E-state index in [4.69, 9.17) is 30.9 Å². The molecule has 1 unspecified atom stereocenters. The molecule has 1 atom stereocenters. The molecule has 254 valence electrons. The molecule has 8 nitrogen and oxygen atoms in total. The topological polar surface area (TPSA) is 79.5 Å². The number of aromatic nitrogens is 3. The van der Waals surface area contributed by atoms with E-state index in [0.29, 0.717) is 49.1 Å². The summed E-state index contributed by atoms with van der Waals surface area (Å²) < 4.78 is 36.4. The Morgan fingerprint density at radius 2 is 1.96 bits per heavy atom. The van der Waals surface area contributed by atoms with Crippen LogP contribution in [0.25, 0.3) is 32.8 Å². The molecular formula is C38H44ClFN4O4. The molecule has 2 aromatic heterocycles. The lowest BCUT2D eigenvalue weighted by atomic mass is 9.95. The summed E-state index contributed by atoms with van der Waals surface area (Å²) in [5.41, 5.74) is 6.21. The van der Waals surface area contributed by atoms with Crippen molar-refractivity contribution >= 4 is 39.2 Å². The smallest absolute Gasteiger partial charge is 0.355 e. The molecule has 1 aliphatic rings. The van der Waals surface area contributed by atoms with Crippen LogP contribution >= 0.6 is 11.6 Å². The summed E-state index contributed by atoms with van der Waals surface area (Å²) in [6.45, 7) is 6.63. The Hall–Kier alpha value is -3.92. The van der Waals surface area contributed by atoms with E-state index in [9.17, 15) is 9.18 Å². The van der Waals surface area contributed by atoms with Crippen molar-refractivity contribution < 1.29 is 23.4 Å². The van der Waals surface area contributed by atoms with Gasteiger partial charge in [-0.3, -0.25) is 4.68 Å². The van der Waals surface area contributed by atoms with Gasteiger partial charge in [0.15, 0.2) is 0 Å². The second kappa shape index (κ2) is 15.1. The van der Waals surface area contributed by atoms with Crippen LogP contribution in [-0.4, -0.2) is 53.7 Å². The highest BCUT2D eigenvalue weighted by Gasteiger charge is 2.32. The first kappa shape index (κ1) is 34.0. The first-order valence-electron chi connectivity index (χ1n) is 17.0. The lowest BCUT2D eigenvalue weighted by Gasteiger charge is -2.18. The molecule has 0 saturated carbocycles. The van der Waals surface area contributed by atoms with Gasteiger partial charge in [0.2, 0.25) is 0 Å². The number of nitrogens with one attached hydrogen (secondary N) is 1. The van der Waals surface area contributed by atoms with Crippen molar-refractivity contribution in [1.82, 2.24) is 19.7 Å². The van der Waals surface area contributed by atoms with E-state index in [0.717, 1.165) is 82.0 Å². The first-order valence-corrected chi connectivity index (χ1v) is 17.4. The van der Waals surface area contributed by atoms with E-state index in [1.54, 1.807) is 6.07 Å². The highest BCUT2D eigenvalue weighted by atomic mass is 35.5. The Labute approximate surface area is 286 Å². The molecule has 0 amide bonds. The third kappa shape index (κ3) is 6.56. The number of nitrogens with zero attached hydrogens (tertiary/aromatic N) is 3. The van der Waals surface area contributed by atoms with Gasteiger partial charge in [-0.15, -0.1) is 0 Å². The molecule has 6 rings (SSSR count). The summed E-state index contributed by atoms with van der Waals surface area (Å²) in [4.78, 5) is 13.8. The Morgan fingerprint density at radius 3 is 2.75 bits per heavy atom. The van der Waals surface area contributed by atoms with Crippen LogP contribution < -0.4 is 10.1 Å². The number of hydrogen-bond acceptors (Lipinski definition) is 6. The Bertz CT molecular complexity index is 1930. The molecule has 0 spiro atoms. The average Bonchev–Trinajstić information content (AvgIpc) is 3.56. The molecule has 3 aromatic carbocycles. The predicted octanol–water partition coefficient (Wildman–Crippen LogP) is 8.20. The van der Waals surface area contributed by atoms with Crippen molar-refractivity contribution in [3.05, 3.63) is 82.0 Å². The Morgan fingerprint density at radius 1 is 1.12 bits per heavy atom. The number of rotatable bonds is 11. The van der Waals surface area contributed by atoms with Crippen LogP contribution in [0.1, 0.15) is 73.1 Å². The summed E-state index contributed by atoms with van der Waals surface area (Å²) in [5, 5.41) is 11.5. The van der Waals surface area contributed by atoms with Crippen molar-refractivity contribution in [2.45, 2.75) is 65.0 Å². The standard InChI is InChI=1S/C38H44ClFN4O4/c1-5-30-34-33-29(39)17-16-28-27(12-10-22-47-31-13-9-11-24-23-25(40)14-15-26(24)31)37(38(45)46-6-2)44(36(28)33)20-7-8-21-48-32(18-19-41-3)35(34)42-43(30)4/h9,11,13-17,23,32,41H,5-8,10,12,18-22H2,1-4H3. The highest BCUT2D eigenvalue weighted by molar-refractivity contribution is 6.35. The fourth-order valence-electron chi connectivity index (χ4n) is 7.08. The van der Waals surface area contributed by atoms with Crippen LogP contribution in [-0.2, 0) is 35.9 Å². The van der Waals surface area contributed by atoms with Crippen LogP contribution in [0.4, 0.5) is 4.39 Å². The van der Waals surface area contributed by atoms with Crippen molar-refractivity contribution in [2.75, 3.05) is 33.4 Å². The first-order chi connectivity index (χ1) is 23.4. The third-order valence-corrected chi connectivity index (χ3v) is 9.53. The van der Waals surface area contributed by atoms with E-state index in [1.807, 2.05) is 56.0 Å². The van der Waals surface area contributed by atoms with Gasteiger partial charge in [-0.25, -0.2) is 9.18 Å². The quantitative estimate of drug-likeness (QED) is 0.112. The lowest BCUT2D eigenvalue weighted by Crippen LogP contribution is -2.16. The second-order valence-corrected chi connectivity index (χ2v) is 12.6. The maximum atomic E-state index is 13.8. The maximum Gasteiger partial charge on any atom is 0.355 e. The zero-order chi connectivity index (χ0) is 33.8. The number of hydrogen-bond donors (Lipinski definition) is 1. The van der Waals surface area contributed by atoms with E-state index in [1.165, 1.54) is 12.1 Å². The number of ether oxygens (including phenoxy) is 3. The molecule has 48 heavy (non-hydrogen) atoms. The largest absolute Gasteiger partial charge is 0.493 e. The molecule has 3 heterocycles. The van der Waals surface area contributed by atoms with Crippen molar-refractivity contribution in [1.29, 1.82) is 0 Å². The fourth-order valence-corrected chi connectivity index (χ4v) is 7.33. The van der Waals surface area contributed by atoms with Crippen LogP contribution in [0.2, 0.25) is 5.02 Å². The SMILES string of the molecule is CCOC(=O)c1c(CCCOc2cccc3cc(F)ccc23)c2ccc(Cl)c3c2n1CCCCOC(CCNC)c1nn(C)c(CC)c1-3. The van der Waals surface area contributed by atoms with Crippen LogP contribution in [0.15, 0.2) is 48.5 Å². The molecular weight excluding hydrogens is 631 g/mol. The second-order valence-electron chi connectivity index (χ2n) is 12.2. The summed E-state index contributed by atoms with van der Waals surface area (Å²) in [5.74, 6) is 0.0803. The number of carbonyl (C=O) groups is 1. The van der Waals surface area contributed by atoms with Gasteiger partial charge in [0.25, 0.3) is 0 Å². The van der Waals surface area contributed by atoms with Gasteiger partial charge in [0, 0.05) is 47.8 Å². The maximum absolute atomic E-state index is 13.8.